The van der Waals surface area contributed by atoms with Crippen LogP contribution in [0.2, 0.25) is 0 Å². The maximum atomic E-state index is 13.5. The maximum Gasteiger partial charge on any atom is 0.235 e. The molecule has 158 valence electrons. The number of rotatable bonds is 5. The highest BCUT2D eigenvalue weighted by Crippen LogP contribution is 2.45. The lowest BCUT2D eigenvalue weighted by molar-refractivity contribution is -0.128. The number of ether oxygens (including phenoxy) is 2. The molecule has 2 aliphatic rings. The quantitative estimate of drug-likeness (QED) is 0.815. The third kappa shape index (κ3) is 3.99. The summed E-state index contributed by atoms with van der Waals surface area (Å²) in [6.07, 6.45) is 3.66. The molecule has 0 atom stereocenters. The predicted molar refractivity (Wildman–Crippen MR) is 115 cm³/mol. The van der Waals surface area contributed by atoms with Gasteiger partial charge in [0.2, 0.25) is 11.8 Å². The summed E-state index contributed by atoms with van der Waals surface area (Å²) < 4.78 is 11.4. The van der Waals surface area contributed by atoms with Gasteiger partial charge in [0.1, 0.15) is 13.2 Å². The lowest BCUT2D eigenvalue weighted by Gasteiger charge is -2.30. The molecule has 0 saturated heterocycles. The van der Waals surface area contributed by atoms with Gasteiger partial charge in [0, 0.05) is 26.2 Å². The Balaban J connectivity index is 1.57. The molecule has 0 unspecified atom stereocenters. The van der Waals surface area contributed by atoms with Crippen molar-refractivity contribution in [3.05, 3.63) is 53.6 Å². The zero-order chi connectivity index (χ0) is 21.1. The molecule has 1 fully saturated rings. The van der Waals surface area contributed by atoms with E-state index in [9.17, 15) is 9.59 Å². The normalized spacial score (nSPS) is 16.7. The summed E-state index contributed by atoms with van der Waals surface area (Å²) in [6.45, 7) is 3.12. The van der Waals surface area contributed by atoms with Crippen LogP contribution in [0.5, 0.6) is 11.5 Å². The number of carbonyl (C=O) groups is 2. The second-order valence-electron chi connectivity index (χ2n) is 8.18. The molecule has 1 aliphatic heterocycles. The summed E-state index contributed by atoms with van der Waals surface area (Å²) in [5.41, 5.74) is 2.14. The van der Waals surface area contributed by atoms with Crippen LogP contribution in [0.25, 0.3) is 0 Å². The van der Waals surface area contributed by atoms with Crippen LogP contribution in [0.15, 0.2) is 42.5 Å². The van der Waals surface area contributed by atoms with E-state index in [0.29, 0.717) is 25.5 Å². The fourth-order valence-corrected chi connectivity index (χ4v) is 4.35. The predicted octanol–water partition coefficient (Wildman–Crippen LogP) is 3.89. The third-order valence-electron chi connectivity index (χ3n) is 6.13. The van der Waals surface area contributed by atoms with Crippen molar-refractivity contribution in [1.82, 2.24) is 4.90 Å². The molecule has 6 nitrogen and oxygen atoms in total. The molecular formula is C24H28N2O4. The van der Waals surface area contributed by atoms with Crippen molar-refractivity contribution in [3.63, 3.8) is 0 Å². The first-order chi connectivity index (χ1) is 14.5. The SMILES string of the molecule is CC(=O)N(C)Cc1cccc(NC(=O)C2(c3ccc4c(c3)OCCO4)CCCC2)c1. The van der Waals surface area contributed by atoms with Gasteiger partial charge in [-0.2, -0.15) is 0 Å². The van der Waals surface area contributed by atoms with Gasteiger partial charge in [-0.1, -0.05) is 31.0 Å². The minimum atomic E-state index is -0.567. The number of hydrogen-bond donors (Lipinski definition) is 1. The Morgan fingerprint density at radius 1 is 1.03 bits per heavy atom. The molecule has 2 aromatic carbocycles. The summed E-state index contributed by atoms with van der Waals surface area (Å²) in [5, 5.41) is 3.13. The fourth-order valence-electron chi connectivity index (χ4n) is 4.35. The highest BCUT2D eigenvalue weighted by molar-refractivity contribution is 5.99. The van der Waals surface area contributed by atoms with E-state index in [1.165, 1.54) is 0 Å². The summed E-state index contributed by atoms with van der Waals surface area (Å²) in [7, 11) is 1.77. The first kappa shape index (κ1) is 20.3. The Morgan fingerprint density at radius 2 is 1.77 bits per heavy atom. The van der Waals surface area contributed by atoms with Gasteiger partial charge in [-0.25, -0.2) is 0 Å². The van der Waals surface area contributed by atoms with Gasteiger partial charge >= 0.3 is 0 Å². The second kappa shape index (κ2) is 8.38. The monoisotopic (exact) mass is 408 g/mol. The number of benzene rings is 2. The number of amides is 2. The van der Waals surface area contributed by atoms with E-state index in [1.54, 1.807) is 18.9 Å². The van der Waals surface area contributed by atoms with Crippen LogP contribution in [-0.4, -0.2) is 37.0 Å². The number of fused-ring (bicyclic) bond motifs is 1. The average molecular weight is 408 g/mol. The number of nitrogens with one attached hydrogen (secondary N) is 1. The zero-order valence-electron chi connectivity index (χ0n) is 17.6. The first-order valence-electron chi connectivity index (χ1n) is 10.5. The molecule has 4 rings (SSSR count). The van der Waals surface area contributed by atoms with Gasteiger partial charge < -0.3 is 19.7 Å². The molecule has 0 spiro atoms. The van der Waals surface area contributed by atoms with Crippen molar-refractivity contribution in [2.75, 3.05) is 25.6 Å². The summed E-state index contributed by atoms with van der Waals surface area (Å²) in [4.78, 5) is 26.7. The molecular weight excluding hydrogens is 380 g/mol. The van der Waals surface area contributed by atoms with E-state index >= 15 is 0 Å². The van der Waals surface area contributed by atoms with Crippen molar-refractivity contribution in [2.45, 2.75) is 44.6 Å². The van der Waals surface area contributed by atoms with Crippen LogP contribution in [0.1, 0.15) is 43.7 Å². The minimum Gasteiger partial charge on any atom is -0.486 e. The highest BCUT2D eigenvalue weighted by atomic mass is 16.6. The topological polar surface area (TPSA) is 67.9 Å². The Labute approximate surface area is 177 Å². The second-order valence-corrected chi connectivity index (χ2v) is 8.18. The van der Waals surface area contributed by atoms with Crippen molar-refractivity contribution in [3.8, 4) is 11.5 Å². The van der Waals surface area contributed by atoms with Gasteiger partial charge in [-0.3, -0.25) is 9.59 Å². The van der Waals surface area contributed by atoms with E-state index in [0.717, 1.165) is 48.2 Å². The van der Waals surface area contributed by atoms with Crippen molar-refractivity contribution in [1.29, 1.82) is 0 Å². The van der Waals surface area contributed by atoms with Gasteiger partial charge in [-0.15, -0.1) is 0 Å². The van der Waals surface area contributed by atoms with Crippen LogP contribution in [0, 0.1) is 0 Å². The Hall–Kier alpha value is -3.02. The van der Waals surface area contributed by atoms with E-state index in [1.807, 2.05) is 42.5 Å². The molecule has 1 N–H and O–H groups in total. The zero-order valence-corrected chi connectivity index (χ0v) is 17.6. The highest BCUT2D eigenvalue weighted by Gasteiger charge is 2.43. The molecule has 1 heterocycles. The number of nitrogens with zero attached hydrogens (tertiary/aromatic N) is 1. The van der Waals surface area contributed by atoms with E-state index < -0.39 is 5.41 Å². The van der Waals surface area contributed by atoms with Crippen molar-refractivity contribution in [2.24, 2.45) is 0 Å². The number of hydrogen-bond acceptors (Lipinski definition) is 4. The van der Waals surface area contributed by atoms with Gasteiger partial charge in [0.25, 0.3) is 0 Å². The van der Waals surface area contributed by atoms with Gasteiger partial charge in [0.15, 0.2) is 11.5 Å². The van der Waals surface area contributed by atoms with Crippen LogP contribution < -0.4 is 14.8 Å². The largest absolute Gasteiger partial charge is 0.486 e. The van der Waals surface area contributed by atoms with Crippen LogP contribution in [0.3, 0.4) is 0 Å². The molecule has 30 heavy (non-hydrogen) atoms. The lowest BCUT2D eigenvalue weighted by Crippen LogP contribution is -2.38. The van der Waals surface area contributed by atoms with Gasteiger partial charge in [-0.05, 0) is 48.2 Å². The smallest absolute Gasteiger partial charge is 0.235 e. The standard InChI is InChI=1S/C24H28N2O4/c1-17(27)26(2)16-18-6-5-7-20(14-18)25-23(28)24(10-3-4-11-24)19-8-9-21-22(15-19)30-13-12-29-21/h5-9,14-15H,3-4,10-13,16H2,1-2H3,(H,25,28). The molecule has 0 radical (unpaired) electrons. The summed E-state index contributed by atoms with van der Waals surface area (Å²) in [6, 6.07) is 13.6. The average Bonchev–Trinajstić information content (AvgIpc) is 3.25. The first-order valence-corrected chi connectivity index (χ1v) is 10.5. The Kier molecular flexibility index (Phi) is 5.66. The van der Waals surface area contributed by atoms with Crippen LogP contribution in [-0.2, 0) is 21.5 Å². The molecule has 1 aliphatic carbocycles. The molecule has 0 aromatic heterocycles. The molecule has 0 bridgehead atoms. The van der Waals surface area contributed by atoms with Crippen LogP contribution in [0.4, 0.5) is 5.69 Å². The molecule has 1 saturated carbocycles. The van der Waals surface area contributed by atoms with E-state index in [-0.39, 0.29) is 11.8 Å². The van der Waals surface area contributed by atoms with E-state index in [4.69, 9.17) is 9.47 Å². The Bertz CT molecular complexity index is 950. The lowest BCUT2D eigenvalue weighted by atomic mass is 9.77. The molecule has 2 aromatic rings. The van der Waals surface area contributed by atoms with Crippen LogP contribution >= 0.6 is 0 Å². The Morgan fingerprint density at radius 3 is 2.50 bits per heavy atom. The summed E-state index contributed by atoms with van der Waals surface area (Å²) in [5.74, 6) is 1.47. The van der Waals surface area contributed by atoms with Crippen molar-refractivity contribution >= 4 is 17.5 Å². The summed E-state index contributed by atoms with van der Waals surface area (Å²) >= 11 is 0. The maximum absolute atomic E-state index is 13.5. The minimum absolute atomic E-state index is 0.00737. The third-order valence-corrected chi connectivity index (χ3v) is 6.13. The number of anilines is 1. The number of carbonyl (C=O) groups excluding carboxylic acids is 2. The van der Waals surface area contributed by atoms with E-state index in [2.05, 4.69) is 5.32 Å². The molecule has 2 amide bonds. The molecule has 6 heteroatoms. The fraction of sp³-hybridized carbons (Fsp3) is 0.417. The van der Waals surface area contributed by atoms with Gasteiger partial charge in [0.05, 0.1) is 5.41 Å². The van der Waals surface area contributed by atoms with Crippen molar-refractivity contribution < 1.29 is 19.1 Å².